The molecule has 1 aliphatic carbocycles. The topological polar surface area (TPSA) is 91.2 Å². The highest BCUT2D eigenvalue weighted by Gasteiger charge is 2.27. The molecule has 1 amide bonds. The molecule has 2 rings (SSSR count). The minimum atomic E-state index is -0.618. The van der Waals surface area contributed by atoms with Crippen LogP contribution >= 0.6 is 0 Å². The smallest absolute Gasteiger partial charge is 0.271 e. The van der Waals surface area contributed by atoms with Crippen LogP contribution in [0.4, 0.5) is 5.69 Å². The Balaban J connectivity index is 2.36. The van der Waals surface area contributed by atoms with E-state index < -0.39 is 5.91 Å². The predicted octanol–water partition coefficient (Wildman–Crippen LogP) is 0.304. The van der Waals surface area contributed by atoms with Crippen molar-refractivity contribution in [2.45, 2.75) is 18.9 Å². The number of pyridine rings is 1. The average Bonchev–Trinajstić information content (AvgIpc) is 2.91. The predicted molar refractivity (Wildman–Crippen MR) is 50.8 cm³/mol. The van der Waals surface area contributed by atoms with Crippen molar-refractivity contribution in [2.24, 2.45) is 5.73 Å². The van der Waals surface area contributed by atoms with Crippen molar-refractivity contribution in [3.05, 3.63) is 18.0 Å². The molecule has 1 aromatic rings. The van der Waals surface area contributed by atoms with E-state index in [2.05, 4.69) is 4.98 Å². The van der Waals surface area contributed by atoms with Crippen LogP contribution in [-0.4, -0.2) is 17.0 Å². The number of nitrogens with zero attached hydrogens (tertiary/aromatic N) is 1. The second-order valence-electron chi connectivity index (χ2n) is 3.26. The van der Waals surface area contributed by atoms with Gasteiger partial charge in [0.15, 0.2) is 11.4 Å². The average molecular weight is 193 g/mol. The van der Waals surface area contributed by atoms with Crippen LogP contribution in [0.25, 0.3) is 0 Å². The third-order valence-electron chi connectivity index (χ3n) is 1.98. The first kappa shape index (κ1) is 8.80. The van der Waals surface area contributed by atoms with E-state index >= 15 is 0 Å². The second-order valence-corrected chi connectivity index (χ2v) is 3.26. The Labute approximate surface area is 81.1 Å². The quantitative estimate of drug-likeness (QED) is 0.722. The van der Waals surface area contributed by atoms with Gasteiger partial charge in [-0.05, 0) is 18.9 Å². The van der Waals surface area contributed by atoms with Crippen LogP contribution in [0.5, 0.6) is 5.75 Å². The molecule has 1 fully saturated rings. The molecule has 74 valence electrons. The molecule has 1 heterocycles. The molecule has 14 heavy (non-hydrogen) atoms. The molecule has 1 aromatic heterocycles. The highest BCUT2D eigenvalue weighted by molar-refractivity contribution is 5.95. The van der Waals surface area contributed by atoms with Gasteiger partial charge in [0.2, 0.25) is 0 Å². The lowest BCUT2D eigenvalue weighted by molar-refractivity contribution is 0.0991. The maximum Gasteiger partial charge on any atom is 0.271 e. The highest BCUT2D eigenvalue weighted by Crippen LogP contribution is 2.32. The van der Waals surface area contributed by atoms with Gasteiger partial charge in [0.25, 0.3) is 5.91 Å². The molecule has 0 aromatic carbocycles. The van der Waals surface area contributed by atoms with E-state index in [1.165, 1.54) is 6.20 Å². The summed E-state index contributed by atoms with van der Waals surface area (Å²) in [6.45, 7) is 0. The fraction of sp³-hybridized carbons (Fsp3) is 0.333. The standard InChI is InChI=1S/C9H11N3O2/c10-6-3-4-12-7(9(11)13)8(6)14-5-1-2-5/h3-5H,1-2H2,(H2,10,12)(H2,11,13). The number of nitrogens with two attached hydrogens (primary N) is 2. The molecule has 1 saturated carbocycles. The Bertz CT molecular complexity index is 374. The Morgan fingerprint density at radius 1 is 1.57 bits per heavy atom. The molecule has 0 bridgehead atoms. The number of hydrogen-bond acceptors (Lipinski definition) is 4. The summed E-state index contributed by atoms with van der Waals surface area (Å²) < 4.78 is 5.46. The summed E-state index contributed by atoms with van der Waals surface area (Å²) in [5.74, 6) is -0.296. The number of carbonyl (C=O) groups is 1. The first-order valence-corrected chi connectivity index (χ1v) is 4.39. The summed E-state index contributed by atoms with van der Waals surface area (Å²) in [4.78, 5) is 14.8. The molecular formula is C9H11N3O2. The van der Waals surface area contributed by atoms with Gasteiger partial charge in [0.1, 0.15) is 0 Å². The Hall–Kier alpha value is -1.78. The van der Waals surface area contributed by atoms with Crippen molar-refractivity contribution in [3.8, 4) is 5.75 Å². The summed E-state index contributed by atoms with van der Waals surface area (Å²) in [6, 6.07) is 1.59. The van der Waals surface area contributed by atoms with Crippen LogP contribution < -0.4 is 16.2 Å². The fourth-order valence-corrected chi connectivity index (χ4v) is 1.12. The molecule has 1 aliphatic rings. The van der Waals surface area contributed by atoms with E-state index in [0.29, 0.717) is 11.4 Å². The lowest BCUT2D eigenvalue weighted by Gasteiger charge is -2.09. The number of anilines is 1. The minimum Gasteiger partial charge on any atom is -0.486 e. The largest absolute Gasteiger partial charge is 0.486 e. The van der Waals surface area contributed by atoms with Gasteiger partial charge in [0.05, 0.1) is 11.8 Å². The summed E-state index contributed by atoms with van der Waals surface area (Å²) in [7, 11) is 0. The van der Waals surface area contributed by atoms with Gasteiger partial charge >= 0.3 is 0 Å². The SMILES string of the molecule is NC(=O)c1nccc(N)c1OC1CC1. The van der Waals surface area contributed by atoms with Gasteiger partial charge < -0.3 is 16.2 Å². The van der Waals surface area contributed by atoms with Crippen molar-refractivity contribution >= 4 is 11.6 Å². The zero-order valence-electron chi connectivity index (χ0n) is 7.56. The lowest BCUT2D eigenvalue weighted by atomic mass is 10.3. The fourth-order valence-electron chi connectivity index (χ4n) is 1.12. The molecule has 0 aliphatic heterocycles. The molecule has 0 unspecified atom stereocenters. The van der Waals surface area contributed by atoms with E-state index in [4.69, 9.17) is 16.2 Å². The molecule has 0 radical (unpaired) electrons. The number of primary amides is 1. The Morgan fingerprint density at radius 3 is 2.86 bits per heavy atom. The summed E-state index contributed by atoms with van der Waals surface area (Å²) in [5, 5.41) is 0. The van der Waals surface area contributed by atoms with Crippen molar-refractivity contribution < 1.29 is 9.53 Å². The van der Waals surface area contributed by atoms with E-state index in [-0.39, 0.29) is 11.8 Å². The normalized spacial score (nSPS) is 15.1. The molecule has 0 saturated heterocycles. The van der Waals surface area contributed by atoms with Crippen LogP contribution in [0.3, 0.4) is 0 Å². The zero-order valence-corrected chi connectivity index (χ0v) is 7.56. The number of carbonyl (C=O) groups excluding carboxylic acids is 1. The highest BCUT2D eigenvalue weighted by atomic mass is 16.5. The van der Waals surface area contributed by atoms with Gasteiger partial charge in [-0.25, -0.2) is 4.98 Å². The van der Waals surface area contributed by atoms with Crippen molar-refractivity contribution in [1.29, 1.82) is 0 Å². The minimum absolute atomic E-state index is 0.108. The van der Waals surface area contributed by atoms with Crippen molar-refractivity contribution in [1.82, 2.24) is 4.98 Å². The Kier molecular flexibility index (Phi) is 1.99. The number of amides is 1. The van der Waals surface area contributed by atoms with E-state index in [1.54, 1.807) is 6.07 Å². The Morgan fingerprint density at radius 2 is 2.29 bits per heavy atom. The van der Waals surface area contributed by atoms with Crippen LogP contribution in [0, 0.1) is 0 Å². The molecule has 0 spiro atoms. The van der Waals surface area contributed by atoms with Gasteiger partial charge in [-0.3, -0.25) is 4.79 Å². The maximum absolute atomic E-state index is 11.0. The van der Waals surface area contributed by atoms with Gasteiger partial charge in [0, 0.05) is 6.20 Å². The first-order valence-electron chi connectivity index (χ1n) is 4.39. The van der Waals surface area contributed by atoms with E-state index in [1.807, 2.05) is 0 Å². The number of hydrogen-bond donors (Lipinski definition) is 2. The van der Waals surface area contributed by atoms with E-state index in [9.17, 15) is 4.79 Å². The number of aromatic nitrogens is 1. The van der Waals surface area contributed by atoms with Gasteiger partial charge in [-0.15, -0.1) is 0 Å². The molecule has 5 heteroatoms. The third-order valence-corrected chi connectivity index (χ3v) is 1.98. The molecule has 0 atom stereocenters. The van der Waals surface area contributed by atoms with Crippen molar-refractivity contribution in [2.75, 3.05) is 5.73 Å². The molecule has 4 N–H and O–H groups in total. The van der Waals surface area contributed by atoms with Crippen LogP contribution in [0.2, 0.25) is 0 Å². The molecule has 5 nitrogen and oxygen atoms in total. The summed E-state index contributed by atoms with van der Waals surface area (Å²) >= 11 is 0. The number of nitrogen functional groups attached to an aromatic ring is 1. The van der Waals surface area contributed by atoms with Crippen LogP contribution in [0.1, 0.15) is 23.3 Å². The van der Waals surface area contributed by atoms with Gasteiger partial charge in [-0.2, -0.15) is 0 Å². The summed E-state index contributed by atoms with van der Waals surface area (Å²) in [6.07, 6.45) is 3.59. The number of ether oxygens (including phenoxy) is 1. The van der Waals surface area contributed by atoms with Gasteiger partial charge in [-0.1, -0.05) is 0 Å². The number of rotatable bonds is 3. The maximum atomic E-state index is 11.0. The lowest BCUT2D eigenvalue weighted by Crippen LogP contribution is -2.16. The zero-order chi connectivity index (χ0) is 10.1. The first-order chi connectivity index (χ1) is 6.68. The van der Waals surface area contributed by atoms with Crippen LogP contribution in [0.15, 0.2) is 12.3 Å². The van der Waals surface area contributed by atoms with Crippen molar-refractivity contribution in [3.63, 3.8) is 0 Å². The third kappa shape index (κ3) is 1.61. The molecular weight excluding hydrogens is 182 g/mol. The second kappa shape index (κ2) is 3.17. The van der Waals surface area contributed by atoms with E-state index in [0.717, 1.165) is 12.8 Å². The summed E-state index contributed by atoms with van der Waals surface area (Å²) in [5.41, 5.74) is 11.3. The monoisotopic (exact) mass is 193 g/mol. The van der Waals surface area contributed by atoms with Crippen LogP contribution in [-0.2, 0) is 0 Å².